The van der Waals surface area contributed by atoms with Crippen LogP contribution in [-0.4, -0.2) is 71.8 Å². The van der Waals surface area contributed by atoms with E-state index in [1.165, 1.54) is 30.0 Å². The third kappa shape index (κ3) is 5.70. The van der Waals surface area contributed by atoms with Crippen molar-refractivity contribution < 1.29 is 37.7 Å². The van der Waals surface area contributed by atoms with Crippen molar-refractivity contribution in [3.63, 3.8) is 0 Å². The average molecular weight is 590 g/mol. The quantitative estimate of drug-likeness (QED) is 0.161. The summed E-state index contributed by atoms with van der Waals surface area (Å²) < 4.78 is 47.7. The van der Waals surface area contributed by atoms with Crippen molar-refractivity contribution in [2.45, 2.75) is 62.4 Å². The highest BCUT2D eigenvalue weighted by atomic mass is 31.2. The fourth-order valence-electron chi connectivity index (χ4n) is 4.28. The number of ether oxygens (including phenoxy) is 1. The number of fused-ring (bicyclic) bond motifs is 1. The van der Waals surface area contributed by atoms with Crippen LogP contribution < -0.4 is 20.7 Å². The number of hydrogen-bond donors (Lipinski definition) is 5. The van der Waals surface area contributed by atoms with E-state index >= 15 is 4.39 Å². The summed E-state index contributed by atoms with van der Waals surface area (Å²) in [6.45, 7) is 2.55. The molecule has 14 nitrogen and oxygen atoms in total. The van der Waals surface area contributed by atoms with Crippen LogP contribution in [-0.2, 0) is 18.6 Å². The lowest BCUT2D eigenvalue weighted by molar-refractivity contribution is -0.138. The van der Waals surface area contributed by atoms with Gasteiger partial charge in [-0.2, -0.15) is 15.1 Å². The number of nitrogens with zero attached hydrogens (tertiary/aromatic N) is 4. The molecule has 0 amide bonds. The van der Waals surface area contributed by atoms with Crippen LogP contribution in [0.4, 0.5) is 16.2 Å². The van der Waals surface area contributed by atoms with Crippen LogP contribution in [0.15, 0.2) is 36.7 Å². The third-order valence-electron chi connectivity index (χ3n) is 6.88. The minimum absolute atomic E-state index is 0.104. The number of aliphatic carboxylic acids is 1. The molecule has 1 aliphatic carbocycles. The van der Waals surface area contributed by atoms with Gasteiger partial charge in [-0.15, -0.1) is 6.42 Å². The molecule has 0 radical (unpaired) electrons. The maximum Gasteiger partial charge on any atom is 0.459 e. The van der Waals surface area contributed by atoms with Crippen LogP contribution in [0.3, 0.4) is 0 Å². The highest BCUT2D eigenvalue weighted by molar-refractivity contribution is 7.52. The van der Waals surface area contributed by atoms with E-state index < -0.39 is 50.5 Å². The van der Waals surface area contributed by atoms with Gasteiger partial charge in [0.05, 0.1) is 12.9 Å². The van der Waals surface area contributed by atoms with Crippen molar-refractivity contribution in [3.8, 4) is 18.1 Å². The Hall–Kier alpha value is -3.80. The fourth-order valence-corrected chi connectivity index (χ4v) is 5.78. The Labute approximate surface area is 234 Å². The number of nitrogens with one attached hydrogen (secondary N) is 2. The average Bonchev–Trinajstić information content (AvgIpc) is 3.40. The van der Waals surface area contributed by atoms with Crippen molar-refractivity contribution >= 4 is 36.6 Å². The molecule has 1 aromatic carbocycles. The lowest BCUT2D eigenvalue weighted by atomic mass is 9.97. The van der Waals surface area contributed by atoms with E-state index in [0.717, 1.165) is 12.8 Å². The molecule has 3 aromatic rings. The number of carboxylic acids is 1. The largest absolute Gasteiger partial charge is 0.480 e. The van der Waals surface area contributed by atoms with E-state index in [4.69, 9.17) is 25.9 Å². The molecule has 6 atom stereocenters. The summed E-state index contributed by atoms with van der Waals surface area (Å²) >= 11 is 0. The number of carboxylic acid groups (broad SMARTS) is 1. The molecule has 218 valence electrons. The number of aliphatic hydroxyl groups is 1. The maximum absolute atomic E-state index is 16.2. The summed E-state index contributed by atoms with van der Waals surface area (Å²) in [5.74, 6) is 0.994. The number of imidazole rings is 1. The molecule has 5 rings (SSSR count). The number of carbonyl (C=O) groups is 1. The number of rotatable bonds is 11. The minimum Gasteiger partial charge on any atom is -0.480 e. The molecule has 0 spiro atoms. The second kappa shape index (κ2) is 10.6. The Morgan fingerprint density at radius 1 is 1.39 bits per heavy atom. The number of terminal acetylenes is 1. The molecule has 16 heteroatoms. The molecule has 3 heterocycles. The maximum atomic E-state index is 16.2. The van der Waals surface area contributed by atoms with E-state index in [-0.39, 0.29) is 28.4 Å². The second-order valence-electron chi connectivity index (χ2n) is 10.2. The molecule has 2 aromatic heterocycles. The summed E-state index contributed by atoms with van der Waals surface area (Å²) in [6, 6.07) is 6.53. The van der Waals surface area contributed by atoms with Crippen molar-refractivity contribution in [2.75, 3.05) is 17.7 Å². The predicted molar refractivity (Wildman–Crippen MR) is 144 cm³/mol. The number of anilines is 2. The number of nitrogens with two attached hydrogens (primary N) is 1. The summed E-state index contributed by atoms with van der Waals surface area (Å²) in [4.78, 5) is 24.1. The Morgan fingerprint density at radius 2 is 2.10 bits per heavy atom. The van der Waals surface area contributed by atoms with Crippen LogP contribution in [0.5, 0.6) is 5.75 Å². The summed E-state index contributed by atoms with van der Waals surface area (Å²) in [5.41, 5.74) is 3.34. The zero-order valence-electron chi connectivity index (χ0n) is 22.1. The molecule has 1 saturated carbocycles. The molecule has 0 bridgehead atoms. The second-order valence-corrected chi connectivity index (χ2v) is 11.9. The molecule has 6 N–H and O–H groups in total. The highest BCUT2D eigenvalue weighted by Crippen LogP contribution is 2.48. The van der Waals surface area contributed by atoms with Gasteiger partial charge < -0.3 is 30.5 Å². The van der Waals surface area contributed by atoms with E-state index in [2.05, 4.69) is 25.4 Å². The minimum atomic E-state index is -4.39. The summed E-state index contributed by atoms with van der Waals surface area (Å²) in [6.07, 6.45) is 3.55. The zero-order valence-corrected chi connectivity index (χ0v) is 23.0. The molecule has 2 fully saturated rings. The van der Waals surface area contributed by atoms with Crippen molar-refractivity contribution in [3.05, 3.63) is 36.7 Å². The SMILES string of the molecule is C#C[C@@]1(F)[C@H](O)[C@@H](COP(=O)(N[C@@H](C)C(=O)O)Oc2ccccc2)O[C@H]1n1cnc2c(NC3(C)CC3)nc(N)nc21. The van der Waals surface area contributed by atoms with Crippen LogP contribution >= 0.6 is 7.75 Å². The van der Waals surface area contributed by atoms with Gasteiger partial charge >= 0.3 is 13.7 Å². The normalized spacial score (nSPS) is 27.0. The Morgan fingerprint density at radius 3 is 2.73 bits per heavy atom. The fraction of sp³-hybridized carbons (Fsp3) is 0.440. The number of hydrogen-bond acceptors (Lipinski definition) is 11. The van der Waals surface area contributed by atoms with Crippen LogP contribution in [0.1, 0.15) is 32.9 Å². The molecule has 1 aliphatic heterocycles. The standard InChI is InChI=1S/C25H29FN7O7P/c1-4-25(26)18(34)16(12-38-41(37,32-14(2)21(35)36)40-15-8-6-5-7-9-15)39-22(25)33-13-28-17-19(31-24(3)10-11-24)29-23(27)30-20(17)33/h1,5-9,13-14,16,18,22,34H,10-12H2,2-3H3,(H,32,37)(H,35,36)(H3,27,29,30,31)/t14-,16+,18+,22+,25+,41?/m0/s1. The van der Waals surface area contributed by atoms with Gasteiger partial charge in [-0.3, -0.25) is 13.9 Å². The molecular weight excluding hydrogens is 560 g/mol. The number of benzene rings is 1. The highest BCUT2D eigenvalue weighted by Gasteiger charge is 2.58. The van der Waals surface area contributed by atoms with Crippen LogP contribution in [0, 0.1) is 12.3 Å². The number of aliphatic hydroxyl groups excluding tert-OH is 1. The topological polar surface area (TPSA) is 196 Å². The first-order valence-corrected chi connectivity index (χ1v) is 14.2. The van der Waals surface area contributed by atoms with Gasteiger partial charge in [0.2, 0.25) is 11.6 Å². The van der Waals surface area contributed by atoms with Gasteiger partial charge in [-0.1, -0.05) is 24.1 Å². The Bertz CT molecular complexity index is 1550. The van der Waals surface area contributed by atoms with Crippen LogP contribution in [0.2, 0.25) is 0 Å². The monoisotopic (exact) mass is 589 g/mol. The van der Waals surface area contributed by atoms with Gasteiger partial charge in [0, 0.05) is 5.54 Å². The lowest BCUT2D eigenvalue weighted by Crippen LogP contribution is -2.42. The first-order chi connectivity index (χ1) is 19.4. The first kappa shape index (κ1) is 28.7. The van der Waals surface area contributed by atoms with E-state index in [9.17, 15) is 19.6 Å². The summed E-state index contributed by atoms with van der Waals surface area (Å²) in [7, 11) is -4.39. The van der Waals surface area contributed by atoms with Gasteiger partial charge in [0.15, 0.2) is 23.2 Å². The lowest BCUT2D eigenvalue weighted by Gasteiger charge is -2.24. The van der Waals surface area contributed by atoms with E-state index in [1.54, 1.807) is 18.2 Å². The third-order valence-corrected chi connectivity index (χ3v) is 8.52. The van der Waals surface area contributed by atoms with Crippen molar-refractivity contribution in [2.24, 2.45) is 0 Å². The number of nitrogen functional groups attached to an aromatic ring is 1. The number of aromatic nitrogens is 4. The van der Waals surface area contributed by atoms with E-state index in [0.29, 0.717) is 5.82 Å². The number of alkyl halides is 1. The molecule has 2 aliphatic rings. The van der Waals surface area contributed by atoms with Crippen LogP contribution in [0.25, 0.3) is 11.2 Å². The molecule has 1 unspecified atom stereocenters. The van der Waals surface area contributed by atoms with Gasteiger partial charge in [0.25, 0.3) is 0 Å². The van der Waals surface area contributed by atoms with Crippen molar-refractivity contribution in [1.82, 2.24) is 24.6 Å². The van der Waals surface area contributed by atoms with Gasteiger partial charge in [-0.05, 0) is 38.8 Å². The smallest absolute Gasteiger partial charge is 0.459 e. The zero-order chi connectivity index (χ0) is 29.6. The number of para-hydroxylation sites is 1. The number of halogens is 1. The Balaban J connectivity index is 1.41. The van der Waals surface area contributed by atoms with E-state index in [1.807, 2.05) is 12.8 Å². The molecule has 41 heavy (non-hydrogen) atoms. The summed E-state index contributed by atoms with van der Waals surface area (Å²) in [5, 5.41) is 25.8. The molecule has 1 saturated heterocycles. The van der Waals surface area contributed by atoms with Crippen molar-refractivity contribution in [1.29, 1.82) is 0 Å². The molecular formula is C25H29FN7O7P. The Kier molecular flexibility index (Phi) is 7.39. The first-order valence-electron chi connectivity index (χ1n) is 12.6. The van der Waals surface area contributed by atoms with Gasteiger partial charge in [0.1, 0.15) is 24.0 Å². The predicted octanol–water partition coefficient (Wildman–Crippen LogP) is 2.24. The van der Waals surface area contributed by atoms with Gasteiger partial charge in [-0.25, -0.2) is 13.9 Å².